The minimum Gasteiger partial charge on any atom is -0.356 e. The van der Waals surface area contributed by atoms with Crippen LogP contribution in [0.15, 0.2) is 23.2 Å². The van der Waals surface area contributed by atoms with Crippen LogP contribution in [0.4, 0.5) is 18.9 Å². The molecule has 0 aliphatic carbocycles. The van der Waals surface area contributed by atoms with Gasteiger partial charge in [-0.15, -0.1) is 0 Å². The Morgan fingerprint density at radius 2 is 2.14 bits per heavy atom. The Hall–Kier alpha value is -2.00. The Bertz CT molecular complexity index is 711. The van der Waals surface area contributed by atoms with E-state index in [1.165, 1.54) is 4.90 Å². The summed E-state index contributed by atoms with van der Waals surface area (Å²) in [5, 5.41) is 9.50. The highest BCUT2D eigenvalue weighted by atomic mass is 35.5. The molecule has 0 bridgehead atoms. The van der Waals surface area contributed by atoms with Crippen molar-refractivity contribution in [3.8, 4) is 0 Å². The monoisotopic (exact) mass is 419 g/mol. The van der Waals surface area contributed by atoms with E-state index in [0.717, 1.165) is 5.56 Å². The molecule has 1 amide bonds. The number of amides is 1. The van der Waals surface area contributed by atoms with Gasteiger partial charge in [0.25, 0.3) is 0 Å². The van der Waals surface area contributed by atoms with E-state index in [9.17, 15) is 18.0 Å². The predicted molar refractivity (Wildman–Crippen MR) is 105 cm³/mol. The quantitative estimate of drug-likeness (QED) is 0.490. The largest absolute Gasteiger partial charge is 0.401 e. The summed E-state index contributed by atoms with van der Waals surface area (Å²) in [6, 6.07) is 5.18. The van der Waals surface area contributed by atoms with Gasteiger partial charge in [0, 0.05) is 49.9 Å². The van der Waals surface area contributed by atoms with E-state index in [0.29, 0.717) is 42.7 Å². The number of rotatable bonds is 6. The third-order valence-electron chi connectivity index (χ3n) is 4.43. The third-order valence-corrected chi connectivity index (χ3v) is 4.84. The first-order valence-electron chi connectivity index (χ1n) is 8.99. The molecule has 1 unspecified atom stereocenters. The maximum Gasteiger partial charge on any atom is 0.401 e. The number of nitrogens with one attached hydrogen (secondary N) is 3. The van der Waals surface area contributed by atoms with Crippen LogP contribution in [0.3, 0.4) is 0 Å². The van der Waals surface area contributed by atoms with Crippen LogP contribution < -0.4 is 16.0 Å². The van der Waals surface area contributed by atoms with Gasteiger partial charge in [-0.05, 0) is 31.0 Å². The van der Waals surface area contributed by atoms with Gasteiger partial charge in [-0.2, -0.15) is 13.2 Å². The van der Waals surface area contributed by atoms with Crippen LogP contribution in [0.25, 0.3) is 0 Å². The molecule has 1 aliphatic rings. The zero-order valence-electron chi connectivity index (χ0n) is 15.9. The topological polar surface area (TPSA) is 68.8 Å². The van der Waals surface area contributed by atoms with E-state index < -0.39 is 12.7 Å². The molecule has 1 aromatic rings. The summed E-state index contributed by atoms with van der Waals surface area (Å²) in [6.45, 7) is 1.94. The number of hydrogen-bond donors (Lipinski definition) is 3. The summed E-state index contributed by atoms with van der Waals surface area (Å²) in [5.74, 6) is 0.288. The van der Waals surface area contributed by atoms with E-state index in [1.807, 2.05) is 6.92 Å². The third kappa shape index (κ3) is 7.20. The molecule has 0 spiro atoms. The van der Waals surface area contributed by atoms with Crippen molar-refractivity contribution in [2.45, 2.75) is 32.0 Å². The van der Waals surface area contributed by atoms with Crippen molar-refractivity contribution in [3.63, 3.8) is 0 Å². The Morgan fingerprint density at radius 3 is 2.82 bits per heavy atom. The molecule has 2 rings (SSSR count). The Morgan fingerprint density at radius 1 is 1.39 bits per heavy atom. The highest BCUT2D eigenvalue weighted by Gasteiger charge is 2.34. The molecule has 1 aromatic carbocycles. The summed E-state index contributed by atoms with van der Waals surface area (Å²) < 4.78 is 37.4. The molecule has 28 heavy (non-hydrogen) atoms. The molecular formula is C18H25ClF3N5O. The SMILES string of the molecule is CN=C(NCCC(=O)Nc1cccc(Cl)c1C)NC1CCN(CC(F)(F)F)C1. The van der Waals surface area contributed by atoms with E-state index >= 15 is 0 Å². The number of carbonyl (C=O) groups excluding carboxylic acids is 1. The maximum atomic E-state index is 12.5. The lowest BCUT2D eigenvalue weighted by molar-refractivity contribution is -0.143. The van der Waals surface area contributed by atoms with Crippen LogP contribution in [-0.2, 0) is 4.79 Å². The number of halogens is 4. The molecule has 1 aliphatic heterocycles. The first-order valence-corrected chi connectivity index (χ1v) is 9.37. The Balaban J connectivity index is 1.72. The first-order chi connectivity index (χ1) is 13.2. The summed E-state index contributed by atoms with van der Waals surface area (Å²) in [5.41, 5.74) is 1.46. The smallest absolute Gasteiger partial charge is 0.356 e. The van der Waals surface area contributed by atoms with E-state index in [1.54, 1.807) is 25.2 Å². The van der Waals surface area contributed by atoms with Crippen LogP contribution in [-0.4, -0.2) is 62.2 Å². The van der Waals surface area contributed by atoms with E-state index in [2.05, 4.69) is 20.9 Å². The standard InChI is InChI=1S/C18H25ClF3N5O/c1-12-14(19)4-3-5-15(12)26-16(28)6-8-24-17(23-2)25-13-7-9-27(10-13)11-18(20,21)22/h3-5,13H,6-11H2,1-2H3,(H,26,28)(H2,23,24,25). The number of carbonyl (C=O) groups is 1. The molecule has 1 heterocycles. The molecule has 156 valence electrons. The lowest BCUT2D eigenvalue weighted by Crippen LogP contribution is -2.45. The number of nitrogens with zero attached hydrogens (tertiary/aromatic N) is 2. The summed E-state index contributed by atoms with van der Waals surface area (Å²) >= 11 is 6.04. The number of anilines is 1. The van der Waals surface area contributed by atoms with Crippen LogP contribution in [0.1, 0.15) is 18.4 Å². The van der Waals surface area contributed by atoms with Crippen molar-refractivity contribution in [3.05, 3.63) is 28.8 Å². The van der Waals surface area contributed by atoms with Crippen molar-refractivity contribution < 1.29 is 18.0 Å². The van der Waals surface area contributed by atoms with Crippen molar-refractivity contribution >= 4 is 29.2 Å². The molecule has 0 saturated carbocycles. The summed E-state index contributed by atoms with van der Waals surface area (Å²) in [4.78, 5) is 17.5. The van der Waals surface area contributed by atoms with Gasteiger partial charge in [-0.1, -0.05) is 17.7 Å². The van der Waals surface area contributed by atoms with E-state index in [-0.39, 0.29) is 18.4 Å². The lowest BCUT2D eigenvalue weighted by atomic mass is 10.2. The Labute approximate surface area is 167 Å². The molecular weight excluding hydrogens is 395 g/mol. The second-order valence-corrected chi connectivity index (χ2v) is 7.10. The zero-order valence-corrected chi connectivity index (χ0v) is 16.6. The fraction of sp³-hybridized carbons (Fsp3) is 0.556. The van der Waals surface area contributed by atoms with Gasteiger partial charge in [-0.3, -0.25) is 14.7 Å². The van der Waals surface area contributed by atoms with Crippen LogP contribution in [0, 0.1) is 6.92 Å². The van der Waals surface area contributed by atoms with Gasteiger partial charge >= 0.3 is 6.18 Å². The Kier molecular flexibility index (Phi) is 7.94. The molecule has 1 fully saturated rings. The average molecular weight is 420 g/mol. The van der Waals surface area contributed by atoms with Crippen LogP contribution in [0.5, 0.6) is 0 Å². The minimum atomic E-state index is -4.19. The molecule has 0 radical (unpaired) electrons. The fourth-order valence-corrected chi connectivity index (χ4v) is 3.16. The summed E-state index contributed by atoms with van der Waals surface area (Å²) in [7, 11) is 1.58. The maximum absolute atomic E-state index is 12.5. The summed E-state index contributed by atoms with van der Waals surface area (Å²) in [6.07, 6.45) is -3.38. The number of likely N-dealkylation sites (tertiary alicyclic amines) is 1. The zero-order chi connectivity index (χ0) is 20.7. The van der Waals surface area contributed by atoms with E-state index in [4.69, 9.17) is 11.6 Å². The molecule has 3 N–H and O–H groups in total. The second kappa shape index (κ2) is 9.97. The van der Waals surface area contributed by atoms with Crippen molar-refractivity contribution in [2.24, 2.45) is 4.99 Å². The minimum absolute atomic E-state index is 0.114. The molecule has 0 aromatic heterocycles. The normalized spacial score (nSPS) is 18.2. The van der Waals surface area contributed by atoms with Gasteiger partial charge in [0.05, 0.1) is 6.54 Å². The van der Waals surface area contributed by atoms with Crippen molar-refractivity contribution in [2.75, 3.05) is 38.5 Å². The van der Waals surface area contributed by atoms with Crippen molar-refractivity contribution in [1.82, 2.24) is 15.5 Å². The fourth-order valence-electron chi connectivity index (χ4n) is 2.99. The average Bonchev–Trinajstić information content (AvgIpc) is 3.03. The van der Waals surface area contributed by atoms with Crippen LogP contribution in [0.2, 0.25) is 5.02 Å². The number of aliphatic imine (C=N–C) groups is 1. The van der Waals surface area contributed by atoms with Gasteiger partial charge < -0.3 is 16.0 Å². The van der Waals surface area contributed by atoms with Gasteiger partial charge in [0.15, 0.2) is 5.96 Å². The number of alkyl halides is 3. The van der Waals surface area contributed by atoms with Crippen LogP contribution >= 0.6 is 11.6 Å². The van der Waals surface area contributed by atoms with Gasteiger partial charge in [-0.25, -0.2) is 0 Å². The molecule has 6 nitrogen and oxygen atoms in total. The number of benzene rings is 1. The molecule has 10 heteroatoms. The second-order valence-electron chi connectivity index (χ2n) is 6.69. The van der Waals surface area contributed by atoms with Gasteiger partial charge in [0.2, 0.25) is 5.91 Å². The number of hydrogen-bond acceptors (Lipinski definition) is 3. The molecule has 1 saturated heterocycles. The molecule has 1 atom stereocenters. The number of guanidine groups is 1. The predicted octanol–water partition coefficient (Wildman–Crippen LogP) is 2.78. The van der Waals surface area contributed by atoms with Gasteiger partial charge in [0.1, 0.15) is 0 Å². The highest BCUT2D eigenvalue weighted by Crippen LogP contribution is 2.23. The van der Waals surface area contributed by atoms with Crippen molar-refractivity contribution in [1.29, 1.82) is 0 Å². The first kappa shape index (κ1) is 22.3. The lowest BCUT2D eigenvalue weighted by Gasteiger charge is -2.19. The highest BCUT2D eigenvalue weighted by molar-refractivity contribution is 6.31.